The highest BCUT2D eigenvalue weighted by Gasteiger charge is 2.37. The third-order valence-electron chi connectivity index (χ3n) is 10.9. The van der Waals surface area contributed by atoms with Crippen molar-refractivity contribution in [1.82, 2.24) is 0 Å². The van der Waals surface area contributed by atoms with E-state index in [2.05, 4.69) is 95.4 Å². The number of unbranched alkanes of at least 4 members (excludes halogenated alkanes) is 12. The lowest BCUT2D eigenvalue weighted by atomic mass is 10.1. The number of hydrogen-bond donors (Lipinski definition) is 1. The Kier molecular flexibility index (Phi) is 30.3. The van der Waals surface area contributed by atoms with Crippen LogP contribution in [0.3, 0.4) is 0 Å². The van der Waals surface area contributed by atoms with Gasteiger partial charge in [-0.15, -0.1) is 0 Å². The normalized spacial score (nSPS) is 11.6. The molecule has 0 atom stereocenters. The summed E-state index contributed by atoms with van der Waals surface area (Å²) in [7, 11) is -2.07. The molecule has 0 bridgehead atoms. The van der Waals surface area contributed by atoms with Crippen LogP contribution in [0.25, 0.3) is 0 Å². The number of carbonyl (C=O) groups excluding carboxylic acids is 1. The van der Waals surface area contributed by atoms with Crippen molar-refractivity contribution in [1.29, 1.82) is 0 Å². The van der Waals surface area contributed by atoms with Gasteiger partial charge in [0, 0.05) is 25.8 Å². The Morgan fingerprint density at radius 3 is 0.980 bits per heavy atom. The van der Waals surface area contributed by atoms with Crippen LogP contribution in [0.15, 0.2) is 48.5 Å². The van der Waals surface area contributed by atoms with Crippen molar-refractivity contribution in [3.63, 3.8) is 0 Å². The first-order chi connectivity index (χ1) is 23.9. The zero-order valence-electron chi connectivity index (χ0n) is 34.1. The minimum absolute atomic E-state index is 0. The molecule has 2 aromatic carbocycles. The molecule has 1 amide bonds. The van der Waals surface area contributed by atoms with Gasteiger partial charge in [-0.05, 0) is 73.9 Å². The van der Waals surface area contributed by atoms with E-state index >= 15 is 0 Å². The fourth-order valence-corrected chi connectivity index (χ4v) is 17.4. The lowest BCUT2D eigenvalue weighted by molar-refractivity contribution is -0.00100. The van der Waals surface area contributed by atoms with Crippen LogP contribution < -0.4 is 30.1 Å². The van der Waals surface area contributed by atoms with E-state index in [1.165, 1.54) is 176 Å². The van der Waals surface area contributed by atoms with Crippen LogP contribution >= 0.6 is 14.5 Å². The average Bonchev–Trinajstić information content (AvgIpc) is 3.10. The number of halogens is 2. The van der Waals surface area contributed by atoms with Gasteiger partial charge in [-0.2, -0.15) is 0 Å². The Morgan fingerprint density at radius 1 is 0.431 bits per heavy atom. The second-order valence-corrected chi connectivity index (χ2v) is 24.1. The van der Waals surface area contributed by atoms with Gasteiger partial charge < -0.3 is 30.1 Å². The molecule has 2 aromatic rings. The highest BCUT2D eigenvalue weighted by molar-refractivity contribution is 7.75. The largest absolute Gasteiger partial charge is 1.00 e. The molecule has 0 aliphatic heterocycles. The van der Waals surface area contributed by atoms with Crippen LogP contribution in [-0.4, -0.2) is 42.9 Å². The first kappa shape index (κ1) is 50.4. The van der Waals surface area contributed by atoms with E-state index in [0.29, 0.717) is 0 Å². The highest BCUT2D eigenvalue weighted by Crippen LogP contribution is 2.64. The number of anilines is 1. The minimum Gasteiger partial charge on any atom is -1.00 e. The van der Waals surface area contributed by atoms with Crippen molar-refractivity contribution in [2.24, 2.45) is 0 Å². The molecule has 1 N–H and O–H groups in total. The quantitative estimate of drug-likeness (QED) is 0.0622. The third kappa shape index (κ3) is 20.6. The van der Waals surface area contributed by atoms with E-state index in [1.54, 1.807) is 0 Å². The smallest absolute Gasteiger partial charge is 0.255 e. The monoisotopic (exact) mass is 782 g/mol. The summed E-state index contributed by atoms with van der Waals surface area (Å²) in [5, 5.41) is 3.22. The fraction of sp³-hybridized carbons (Fsp3) is 0.711. The molecule has 0 aromatic heterocycles. The SMILES string of the molecule is CCCCC[P+](CCCCC)(CCCCC)Cc1ccc(NC(=O)c2ccc(C[P+](CCCCC)(CCCCC)CCCCC)cc2)cc1.[Cl-].[Cl-]. The molecule has 0 fully saturated rings. The molecule has 51 heavy (non-hydrogen) atoms. The Balaban J connectivity index is 0.0000125. The second-order valence-electron chi connectivity index (χ2n) is 15.4. The van der Waals surface area contributed by atoms with Crippen molar-refractivity contribution in [2.45, 2.75) is 169 Å². The Labute approximate surface area is 331 Å². The topological polar surface area (TPSA) is 29.1 Å². The molecule has 0 unspecified atom stereocenters. The van der Waals surface area contributed by atoms with Crippen molar-refractivity contribution in [3.05, 3.63) is 65.2 Å². The summed E-state index contributed by atoms with van der Waals surface area (Å²) in [5.74, 6) is 0.00902. The summed E-state index contributed by atoms with van der Waals surface area (Å²) in [6.07, 6.45) is 35.7. The first-order valence-corrected chi connectivity index (χ1v) is 26.1. The molecular weight excluding hydrogens is 703 g/mol. The van der Waals surface area contributed by atoms with Gasteiger partial charge in [0.15, 0.2) is 0 Å². The van der Waals surface area contributed by atoms with Gasteiger partial charge in [-0.25, -0.2) is 0 Å². The molecule has 2 nitrogen and oxygen atoms in total. The zero-order valence-corrected chi connectivity index (χ0v) is 37.4. The number of nitrogens with one attached hydrogen (secondary N) is 1. The van der Waals surface area contributed by atoms with E-state index in [9.17, 15) is 4.79 Å². The average molecular weight is 783 g/mol. The summed E-state index contributed by atoms with van der Waals surface area (Å²) < 4.78 is 0. The summed E-state index contributed by atoms with van der Waals surface area (Å²) in [4.78, 5) is 13.4. The summed E-state index contributed by atoms with van der Waals surface area (Å²) in [6, 6.07) is 17.6. The Bertz CT molecular complexity index is 1060. The Hall–Kier alpha value is -0.650. The maximum Gasteiger partial charge on any atom is 0.255 e. The summed E-state index contributed by atoms with van der Waals surface area (Å²) in [6.45, 7) is 14.0. The molecule has 0 saturated carbocycles. The molecule has 294 valence electrons. The molecule has 0 saturated heterocycles. The van der Waals surface area contributed by atoms with Gasteiger partial charge in [0.05, 0.1) is 49.3 Å². The van der Waals surface area contributed by atoms with Crippen LogP contribution in [0, 0.1) is 0 Å². The van der Waals surface area contributed by atoms with Gasteiger partial charge in [0.1, 0.15) is 0 Å². The summed E-state index contributed by atoms with van der Waals surface area (Å²) in [5.41, 5.74) is 4.61. The highest BCUT2D eigenvalue weighted by atomic mass is 35.5. The maximum absolute atomic E-state index is 13.4. The van der Waals surface area contributed by atoms with Gasteiger partial charge in [-0.1, -0.05) is 143 Å². The number of rotatable bonds is 30. The number of amides is 1. The maximum atomic E-state index is 13.4. The van der Waals surface area contributed by atoms with Gasteiger partial charge >= 0.3 is 0 Å². The molecule has 0 aliphatic carbocycles. The standard InChI is InChI=1S/C45H78NOP2.2ClH/c1-7-13-19-33-48(34-20-14-8-2,35-21-15-9-3)39-41-25-29-43(30-26-41)45(47)46-44-31-27-42(28-32-44)40-49(36-22-16-10-4,37-23-17-11-5)38-24-18-12-6;;/h25-32H,7-24,33-40H2,1-6H3;2*1H/q+1;;/p-1. The number of carbonyl (C=O) groups is 1. The number of benzene rings is 2. The van der Waals surface area contributed by atoms with E-state index in [1.807, 2.05) is 0 Å². The van der Waals surface area contributed by atoms with Crippen molar-refractivity contribution >= 4 is 26.1 Å². The van der Waals surface area contributed by atoms with Crippen LogP contribution in [0.5, 0.6) is 0 Å². The van der Waals surface area contributed by atoms with E-state index in [0.717, 1.165) is 11.3 Å². The fourth-order valence-electron chi connectivity index (χ4n) is 7.76. The molecule has 0 aliphatic rings. The second kappa shape index (κ2) is 30.7. The van der Waals surface area contributed by atoms with Crippen LogP contribution in [-0.2, 0) is 12.3 Å². The number of hydrogen-bond acceptors (Lipinski definition) is 1. The van der Waals surface area contributed by atoms with Crippen molar-refractivity contribution in [2.75, 3.05) is 42.3 Å². The predicted molar refractivity (Wildman–Crippen MR) is 228 cm³/mol. The van der Waals surface area contributed by atoms with Crippen LogP contribution in [0.4, 0.5) is 5.69 Å². The van der Waals surface area contributed by atoms with E-state index < -0.39 is 14.5 Å². The van der Waals surface area contributed by atoms with Gasteiger partial charge in [0.25, 0.3) is 5.91 Å². The lowest BCUT2D eigenvalue weighted by Crippen LogP contribution is -3.00. The molecular formula is C45H79Cl2NOP2. The van der Waals surface area contributed by atoms with Crippen LogP contribution in [0.2, 0.25) is 0 Å². The van der Waals surface area contributed by atoms with E-state index in [4.69, 9.17) is 0 Å². The van der Waals surface area contributed by atoms with E-state index in [-0.39, 0.29) is 30.7 Å². The lowest BCUT2D eigenvalue weighted by Gasteiger charge is -2.28. The van der Waals surface area contributed by atoms with Gasteiger partial charge in [-0.3, -0.25) is 4.79 Å². The molecule has 2 rings (SSSR count). The van der Waals surface area contributed by atoms with Gasteiger partial charge in [0.2, 0.25) is 0 Å². The third-order valence-corrected chi connectivity index (χ3v) is 20.5. The van der Waals surface area contributed by atoms with Crippen molar-refractivity contribution in [3.8, 4) is 0 Å². The summed E-state index contributed by atoms with van der Waals surface area (Å²) >= 11 is 0. The zero-order chi connectivity index (χ0) is 35.6. The van der Waals surface area contributed by atoms with Crippen LogP contribution in [0.1, 0.15) is 179 Å². The molecule has 0 radical (unpaired) electrons. The predicted octanol–water partition coefficient (Wildman–Crippen LogP) is 9.12. The molecule has 0 heterocycles. The molecule has 6 heteroatoms. The first-order valence-electron chi connectivity index (χ1n) is 21.1. The van der Waals surface area contributed by atoms with Crippen molar-refractivity contribution < 1.29 is 29.6 Å². The Morgan fingerprint density at radius 2 is 0.706 bits per heavy atom. The molecule has 0 spiro atoms. The minimum atomic E-state index is -1.04.